The molecule has 0 spiro atoms. The first-order valence-electron chi connectivity index (χ1n) is 8.66. The number of para-hydroxylation sites is 2. The Kier molecular flexibility index (Phi) is 5.56. The molecule has 1 fully saturated rings. The standard InChI is InChI=1S/C20H25N3O2/c1-25-19-8-3-2-7-18(19)22-20(24)16-9-11-23(12-10-16)14-15-5-4-6-17(21)13-15/h2-8,13,16H,9-12,14,21H2,1H3,(H,22,24). The molecular formula is C20H25N3O2. The first-order valence-corrected chi connectivity index (χ1v) is 8.66. The maximum atomic E-state index is 12.5. The number of anilines is 2. The highest BCUT2D eigenvalue weighted by Gasteiger charge is 2.25. The van der Waals surface area contributed by atoms with E-state index in [1.165, 1.54) is 5.56 Å². The molecule has 1 saturated heterocycles. The molecule has 0 aromatic heterocycles. The van der Waals surface area contributed by atoms with Crippen molar-refractivity contribution in [1.82, 2.24) is 4.90 Å². The van der Waals surface area contributed by atoms with Crippen LogP contribution in [0.4, 0.5) is 11.4 Å². The topological polar surface area (TPSA) is 67.6 Å². The van der Waals surface area contributed by atoms with Crippen LogP contribution in [0.2, 0.25) is 0 Å². The second-order valence-electron chi connectivity index (χ2n) is 6.48. The molecule has 5 heteroatoms. The molecule has 0 bridgehead atoms. The van der Waals surface area contributed by atoms with Crippen molar-refractivity contribution >= 4 is 17.3 Å². The Morgan fingerprint density at radius 3 is 2.68 bits per heavy atom. The number of piperidine rings is 1. The summed E-state index contributed by atoms with van der Waals surface area (Å²) in [6.07, 6.45) is 1.73. The van der Waals surface area contributed by atoms with Crippen molar-refractivity contribution in [3.63, 3.8) is 0 Å². The molecule has 0 radical (unpaired) electrons. The molecular weight excluding hydrogens is 314 g/mol. The highest BCUT2D eigenvalue weighted by molar-refractivity contribution is 5.94. The molecule has 2 aromatic carbocycles. The number of carbonyl (C=O) groups excluding carboxylic acids is 1. The molecule has 2 aromatic rings. The van der Waals surface area contributed by atoms with Crippen LogP contribution < -0.4 is 15.8 Å². The molecule has 0 atom stereocenters. The molecule has 25 heavy (non-hydrogen) atoms. The monoisotopic (exact) mass is 339 g/mol. The Morgan fingerprint density at radius 1 is 1.20 bits per heavy atom. The van der Waals surface area contributed by atoms with Gasteiger partial charge < -0.3 is 15.8 Å². The van der Waals surface area contributed by atoms with Gasteiger partial charge in [-0.3, -0.25) is 9.69 Å². The Morgan fingerprint density at radius 2 is 1.96 bits per heavy atom. The van der Waals surface area contributed by atoms with E-state index in [0.29, 0.717) is 5.75 Å². The zero-order valence-corrected chi connectivity index (χ0v) is 14.6. The molecule has 1 aliphatic rings. The van der Waals surface area contributed by atoms with E-state index in [2.05, 4.69) is 16.3 Å². The van der Waals surface area contributed by atoms with Gasteiger partial charge in [-0.15, -0.1) is 0 Å². The fourth-order valence-electron chi connectivity index (χ4n) is 3.29. The summed E-state index contributed by atoms with van der Waals surface area (Å²) in [5.41, 5.74) is 8.59. The minimum atomic E-state index is 0.0435. The Hall–Kier alpha value is -2.53. The summed E-state index contributed by atoms with van der Waals surface area (Å²) in [6.45, 7) is 2.71. The molecule has 1 aliphatic heterocycles. The number of carbonyl (C=O) groups is 1. The van der Waals surface area contributed by atoms with E-state index < -0.39 is 0 Å². The van der Waals surface area contributed by atoms with Crippen molar-refractivity contribution < 1.29 is 9.53 Å². The number of nitrogens with one attached hydrogen (secondary N) is 1. The van der Waals surface area contributed by atoms with Crippen molar-refractivity contribution in [3.8, 4) is 5.75 Å². The average Bonchev–Trinajstić information content (AvgIpc) is 2.63. The number of hydrogen-bond acceptors (Lipinski definition) is 4. The van der Waals surface area contributed by atoms with Crippen LogP contribution in [0, 0.1) is 5.92 Å². The van der Waals surface area contributed by atoms with Crippen molar-refractivity contribution in [2.45, 2.75) is 19.4 Å². The maximum Gasteiger partial charge on any atom is 0.227 e. The van der Waals surface area contributed by atoms with Gasteiger partial charge in [0.1, 0.15) is 5.75 Å². The molecule has 0 unspecified atom stereocenters. The first-order chi connectivity index (χ1) is 12.2. The third kappa shape index (κ3) is 4.51. The van der Waals surface area contributed by atoms with Gasteiger partial charge in [-0.2, -0.15) is 0 Å². The number of amides is 1. The van der Waals surface area contributed by atoms with Crippen LogP contribution in [0.5, 0.6) is 5.75 Å². The lowest BCUT2D eigenvalue weighted by molar-refractivity contribution is -0.121. The summed E-state index contributed by atoms with van der Waals surface area (Å²) in [4.78, 5) is 14.9. The highest BCUT2D eigenvalue weighted by atomic mass is 16.5. The van der Waals surface area contributed by atoms with Gasteiger partial charge in [-0.25, -0.2) is 0 Å². The van der Waals surface area contributed by atoms with E-state index in [1.807, 2.05) is 42.5 Å². The quantitative estimate of drug-likeness (QED) is 0.821. The molecule has 3 rings (SSSR count). The molecule has 132 valence electrons. The van der Waals surface area contributed by atoms with E-state index >= 15 is 0 Å². The van der Waals surface area contributed by atoms with Gasteiger partial charge in [0.15, 0.2) is 0 Å². The highest BCUT2D eigenvalue weighted by Crippen LogP contribution is 2.26. The van der Waals surface area contributed by atoms with E-state index in [4.69, 9.17) is 10.5 Å². The summed E-state index contributed by atoms with van der Waals surface area (Å²) in [6, 6.07) is 15.5. The van der Waals surface area contributed by atoms with Crippen LogP contribution in [0.15, 0.2) is 48.5 Å². The van der Waals surface area contributed by atoms with Crippen LogP contribution in [0.3, 0.4) is 0 Å². The second kappa shape index (κ2) is 8.03. The minimum Gasteiger partial charge on any atom is -0.495 e. The smallest absolute Gasteiger partial charge is 0.227 e. The summed E-state index contributed by atoms with van der Waals surface area (Å²) in [5.74, 6) is 0.810. The number of hydrogen-bond donors (Lipinski definition) is 2. The zero-order chi connectivity index (χ0) is 17.6. The van der Waals surface area contributed by atoms with Crippen LogP contribution in [0.25, 0.3) is 0 Å². The number of likely N-dealkylation sites (tertiary alicyclic amines) is 1. The van der Waals surface area contributed by atoms with Gasteiger partial charge >= 0.3 is 0 Å². The van der Waals surface area contributed by atoms with Gasteiger partial charge in [0.25, 0.3) is 0 Å². The van der Waals surface area contributed by atoms with Crippen LogP contribution in [-0.2, 0) is 11.3 Å². The van der Waals surface area contributed by atoms with Gasteiger partial charge in [0.05, 0.1) is 12.8 Å². The fraction of sp³-hybridized carbons (Fsp3) is 0.350. The Bertz CT molecular complexity index is 724. The normalized spacial score (nSPS) is 15.7. The van der Waals surface area contributed by atoms with Gasteiger partial charge in [-0.1, -0.05) is 24.3 Å². The number of methoxy groups -OCH3 is 1. The molecule has 0 aliphatic carbocycles. The van der Waals surface area contributed by atoms with Gasteiger partial charge in [0, 0.05) is 18.2 Å². The second-order valence-corrected chi connectivity index (χ2v) is 6.48. The van der Waals surface area contributed by atoms with Crippen molar-refractivity contribution in [2.75, 3.05) is 31.2 Å². The minimum absolute atomic E-state index is 0.0435. The third-order valence-corrected chi connectivity index (χ3v) is 4.68. The maximum absolute atomic E-state index is 12.5. The van der Waals surface area contributed by atoms with E-state index in [-0.39, 0.29) is 11.8 Å². The van der Waals surface area contributed by atoms with E-state index in [9.17, 15) is 4.79 Å². The number of benzene rings is 2. The van der Waals surface area contributed by atoms with Gasteiger partial charge in [0.2, 0.25) is 5.91 Å². The van der Waals surface area contributed by atoms with E-state index in [1.54, 1.807) is 7.11 Å². The molecule has 1 amide bonds. The van der Waals surface area contributed by atoms with Crippen molar-refractivity contribution in [2.24, 2.45) is 5.92 Å². The Balaban J connectivity index is 1.52. The summed E-state index contributed by atoms with van der Waals surface area (Å²) in [5, 5.41) is 3.00. The van der Waals surface area contributed by atoms with Gasteiger partial charge in [-0.05, 0) is 55.8 Å². The van der Waals surface area contributed by atoms with Crippen LogP contribution in [-0.4, -0.2) is 31.0 Å². The van der Waals surface area contributed by atoms with Crippen LogP contribution >= 0.6 is 0 Å². The van der Waals surface area contributed by atoms with Crippen molar-refractivity contribution in [1.29, 1.82) is 0 Å². The van der Waals surface area contributed by atoms with Crippen LogP contribution in [0.1, 0.15) is 18.4 Å². The fourth-order valence-corrected chi connectivity index (χ4v) is 3.29. The SMILES string of the molecule is COc1ccccc1NC(=O)C1CCN(Cc2cccc(N)c2)CC1. The summed E-state index contributed by atoms with van der Waals surface area (Å²) in [7, 11) is 1.61. The predicted molar refractivity (Wildman–Crippen MR) is 100 cm³/mol. The van der Waals surface area contributed by atoms with E-state index in [0.717, 1.165) is 43.9 Å². The largest absolute Gasteiger partial charge is 0.495 e. The van der Waals surface area contributed by atoms with Crippen molar-refractivity contribution in [3.05, 3.63) is 54.1 Å². The number of nitrogens with two attached hydrogens (primary N) is 1. The molecule has 1 heterocycles. The molecule has 5 nitrogen and oxygen atoms in total. The average molecular weight is 339 g/mol. The lowest BCUT2D eigenvalue weighted by atomic mass is 9.95. The summed E-state index contributed by atoms with van der Waals surface area (Å²) < 4.78 is 5.29. The number of rotatable bonds is 5. The Labute approximate surface area is 148 Å². The zero-order valence-electron chi connectivity index (χ0n) is 14.6. The number of nitrogen functional groups attached to an aromatic ring is 1. The lowest BCUT2D eigenvalue weighted by Crippen LogP contribution is -2.37. The molecule has 3 N–H and O–H groups in total. The first kappa shape index (κ1) is 17.3. The summed E-state index contributed by atoms with van der Waals surface area (Å²) >= 11 is 0. The lowest BCUT2D eigenvalue weighted by Gasteiger charge is -2.31. The molecule has 0 saturated carbocycles. The number of ether oxygens (including phenoxy) is 1. The third-order valence-electron chi connectivity index (χ3n) is 4.68. The predicted octanol–water partition coefficient (Wildman–Crippen LogP) is 3.13. The number of nitrogens with zero attached hydrogens (tertiary/aromatic N) is 1.